The Morgan fingerprint density at radius 1 is 1.05 bits per heavy atom. The lowest BCUT2D eigenvalue weighted by Gasteiger charge is -2.07. The smallest absolute Gasteiger partial charge is 0.229 e. The molecule has 0 spiro atoms. The van der Waals surface area contributed by atoms with Crippen molar-refractivity contribution >= 4 is 28.6 Å². The fourth-order valence-electron chi connectivity index (χ4n) is 2.05. The molecule has 3 aromatic rings. The van der Waals surface area contributed by atoms with E-state index in [9.17, 15) is 4.79 Å². The van der Waals surface area contributed by atoms with Crippen molar-refractivity contribution in [1.82, 2.24) is 0 Å². The molecular formula is C17H16N2O2S. The molecule has 0 aliphatic carbocycles. The van der Waals surface area contributed by atoms with Gasteiger partial charge in [-0.15, -0.1) is 11.3 Å². The third-order valence-electron chi connectivity index (χ3n) is 3.13. The first-order chi connectivity index (χ1) is 10.8. The zero-order valence-electron chi connectivity index (χ0n) is 11.9. The van der Waals surface area contributed by atoms with Gasteiger partial charge in [0.2, 0.25) is 5.91 Å². The molecular weight excluding hydrogens is 296 g/mol. The Morgan fingerprint density at radius 3 is 2.55 bits per heavy atom. The summed E-state index contributed by atoms with van der Waals surface area (Å²) in [7, 11) is 0. The highest BCUT2D eigenvalue weighted by Gasteiger charge is 2.05. The van der Waals surface area contributed by atoms with Crippen molar-refractivity contribution in [2.75, 3.05) is 10.6 Å². The molecule has 1 aromatic carbocycles. The molecule has 0 unspecified atom stereocenters. The topological polar surface area (TPSA) is 54.3 Å². The van der Waals surface area contributed by atoms with Crippen molar-refractivity contribution in [3.05, 3.63) is 70.8 Å². The highest BCUT2D eigenvalue weighted by atomic mass is 32.1. The molecule has 0 bridgehead atoms. The predicted octanol–water partition coefficient (Wildman–Crippen LogP) is 4.13. The summed E-state index contributed by atoms with van der Waals surface area (Å²) < 4.78 is 5.26. The third kappa shape index (κ3) is 3.99. The minimum absolute atomic E-state index is 0.00116. The van der Waals surface area contributed by atoms with Crippen molar-refractivity contribution in [2.24, 2.45) is 0 Å². The number of furan rings is 1. The van der Waals surface area contributed by atoms with E-state index in [4.69, 9.17) is 4.42 Å². The van der Waals surface area contributed by atoms with Gasteiger partial charge in [-0.25, -0.2) is 0 Å². The van der Waals surface area contributed by atoms with Crippen LogP contribution in [-0.4, -0.2) is 5.91 Å². The average Bonchev–Trinajstić information content (AvgIpc) is 3.20. The number of benzene rings is 1. The van der Waals surface area contributed by atoms with Crippen LogP contribution in [0, 0.1) is 0 Å². The van der Waals surface area contributed by atoms with E-state index in [-0.39, 0.29) is 5.91 Å². The summed E-state index contributed by atoms with van der Waals surface area (Å²) in [4.78, 5) is 13.0. The van der Waals surface area contributed by atoms with Gasteiger partial charge >= 0.3 is 0 Å². The van der Waals surface area contributed by atoms with E-state index in [2.05, 4.69) is 10.6 Å². The summed E-state index contributed by atoms with van der Waals surface area (Å²) >= 11 is 1.59. The minimum atomic E-state index is -0.00116. The Bertz CT molecular complexity index is 704. The van der Waals surface area contributed by atoms with Crippen LogP contribution in [0.2, 0.25) is 0 Å². The second kappa shape index (κ2) is 6.95. The number of anilines is 2. The normalized spacial score (nSPS) is 10.4. The van der Waals surface area contributed by atoms with E-state index < -0.39 is 0 Å². The number of nitrogens with one attached hydrogen (secondary N) is 2. The van der Waals surface area contributed by atoms with Crippen LogP contribution in [0.4, 0.5) is 11.4 Å². The zero-order valence-corrected chi connectivity index (χ0v) is 12.7. The molecule has 4 nitrogen and oxygen atoms in total. The largest absolute Gasteiger partial charge is 0.467 e. The van der Waals surface area contributed by atoms with Crippen LogP contribution in [0.1, 0.15) is 10.6 Å². The fraction of sp³-hybridized carbons (Fsp3) is 0.118. The van der Waals surface area contributed by atoms with Crippen molar-refractivity contribution in [3.63, 3.8) is 0 Å². The molecule has 0 fully saturated rings. The average molecular weight is 312 g/mol. The van der Waals surface area contributed by atoms with Crippen molar-refractivity contribution in [3.8, 4) is 0 Å². The Hall–Kier alpha value is -2.53. The molecule has 0 atom stereocenters. The highest BCUT2D eigenvalue weighted by molar-refractivity contribution is 7.10. The second-order valence-corrected chi connectivity index (χ2v) is 5.85. The molecule has 2 aromatic heterocycles. The van der Waals surface area contributed by atoms with Gasteiger partial charge in [-0.2, -0.15) is 0 Å². The minimum Gasteiger partial charge on any atom is -0.467 e. The number of carbonyl (C=O) groups excluding carboxylic acids is 1. The van der Waals surface area contributed by atoms with Crippen molar-refractivity contribution in [2.45, 2.75) is 13.0 Å². The van der Waals surface area contributed by atoms with Crippen LogP contribution >= 0.6 is 11.3 Å². The van der Waals surface area contributed by atoms with Crippen LogP contribution in [0.15, 0.2) is 64.6 Å². The van der Waals surface area contributed by atoms with E-state index in [1.165, 1.54) is 0 Å². The molecule has 3 rings (SSSR count). The first-order valence-electron chi connectivity index (χ1n) is 6.98. The van der Waals surface area contributed by atoms with Gasteiger partial charge in [0.25, 0.3) is 0 Å². The Morgan fingerprint density at radius 2 is 1.86 bits per heavy atom. The van der Waals surface area contributed by atoms with Gasteiger partial charge in [-0.05, 0) is 47.8 Å². The Balaban J connectivity index is 1.51. The predicted molar refractivity (Wildman–Crippen MR) is 89.1 cm³/mol. The Kier molecular flexibility index (Phi) is 4.56. The maximum atomic E-state index is 11.9. The van der Waals surface area contributed by atoms with E-state index in [1.54, 1.807) is 17.6 Å². The van der Waals surface area contributed by atoms with Crippen LogP contribution < -0.4 is 10.6 Å². The van der Waals surface area contributed by atoms with Gasteiger partial charge in [0, 0.05) is 16.3 Å². The lowest BCUT2D eigenvalue weighted by atomic mass is 10.2. The highest BCUT2D eigenvalue weighted by Crippen LogP contribution is 2.16. The van der Waals surface area contributed by atoms with E-state index in [1.807, 2.05) is 53.9 Å². The molecule has 0 aliphatic heterocycles. The molecule has 0 aliphatic rings. The molecule has 2 heterocycles. The molecule has 0 saturated heterocycles. The molecule has 5 heteroatoms. The number of amides is 1. The van der Waals surface area contributed by atoms with Gasteiger partial charge in [-0.3, -0.25) is 4.79 Å². The summed E-state index contributed by atoms with van der Waals surface area (Å²) in [5.74, 6) is 0.882. The van der Waals surface area contributed by atoms with E-state index in [0.29, 0.717) is 13.0 Å². The summed E-state index contributed by atoms with van der Waals surface area (Å²) in [6.45, 7) is 0.636. The lowest BCUT2D eigenvalue weighted by molar-refractivity contribution is -0.115. The van der Waals surface area contributed by atoms with Gasteiger partial charge in [0.15, 0.2) is 0 Å². The number of rotatable bonds is 6. The van der Waals surface area contributed by atoms with Crippen LogP contribution in [0.25, 0.3) is 0 Å². The van der Waals surface area contributed by atoms with E-state index >= 15 is 0 Å². The molecule has 2 N–H and O–H groups in total. The van der Waals surface area contributed by atoms with Gasteiger partial charge in [-0.1, -0.05) is 6.07 Å². The molecule has 0 saturated carbocycles. The summed E-state index contributed by atoms with van der Waals surface area (Å²) in [5.41, 5.74) is 1.78. The number of hydrogen-bond donors (Lipinski definition) is 2. The second-order valence-electron chi connectivity index (χ2n) is 4.81. The third-order valence-corrected chi connectivity index (χ3v) is 4.01. The van der Waals surface area contributed by atoms with Crippen LogP contribution in [0.3, 0.4) is 0 Å². The summed E-state index contributed by atoms with van der Waals surface area (Å²) in [6.07, 6.45) is 2.07. The van der Waals surface area contributed by atoms with Crippen molar-refractivity contribution in [1.29, 1.82) is 0 Å². The maximum absolute atomic E-state index is 11.9. The molecule has 1 amide bonds. The fourth-order valence-corrected chi connectivity index (χ4v) is 2.75. The first kappa shape index (κ1) is 14.4. The summed E-state index contributed by atoms with van der Waals surface area (Å²) in [5, 5.41) is 8.13. The number of carbonyl (C=O) groups is 1. The van der Waals surface area contributed by atoms with E-state index in [0.717, 1.165) is 22.0 Å². The van der Waals surface area contributed by atoms with Crippen LogP contribution in [-0.2, 0) is 17.8 Å². The zero-order chi connectivity index (χ0) is 15.2. The van der Waals surface area contributed by atoms with Gasteiger partial charge < -0.3 is 15.1 Å². The Labute approximate surface area is 132 Å². The van der Waals surface area contributed by atoms with Crippen LogP contribution in [0.5, 0.6) is 0 Å². The standard InChI is InChI=1S/C17H16N2O2S/c20-17(11-16-4-2-10-22-16)19-14-7-5-13(6-8-14)18-12-15-3-1-9-21-15/h1-10,18H,11-12H2,(H,19,20). The van der Waals surface area contributed by atoms with Gasteiger partial charge in [0.05, 0.1) is 19.2 Å². The lowest BCUT2D eigenvalue weighted by Crippen LogP contribution is -2.13. The molecule has 112 valence electrons. The maximum Gasteiger partial charge on any atom is 0.229 e. The summed E-state index contributed by atoms with van der Waals surface area (Å²) in [6, 6.07) is 15.3. The quantitative estimate of drug-likeness (QED) is 0.719. The molecule has 22 heavy (non-hydrogen) atoms. The molecule has 0 radical (unpaired) electrons. The van der Waals surface area contributed by atoms with Gasteiger partial charge in [0.1, 0.15) is 5.76 Å². The first-order valence-corrected chi connectivity index (χ1v) is 7.86. The van der Waals surface area contributed by atoms with Crippen molar-refractivity contribution < 1.29 is 9.21 Å². The number of hydrogen-bond acceptors (Lipinski definition) is 4. The number of thiophene rings is 1. The SMILES string of the molecule is O=C(Cc1cccs1)Nc1ccc(NCc2ccco2)cc1. The monoisotopic (exact) mass is 312 g/mol.